The molecule has 0 bridgehead atoms. The van der Waals surface area contributed by atoms with Crippen molar-refractivity contribution in [2.75, 3.05) is 12.4 Å². The minimum atomic E-state index is -0.495. The number of benzene rings is 2. The fourth-order valence-electron chi connectivity index (χ4n) is 2.80. The summed E-state index contributed by atoms with van der Waals surface area (Å²) in [5.41, 5.74) is 2.70. The predicted molar refractivity (Wildman–Crippen MR) is 115 cm³/mol. The molecule has 0 fully saturated rings. The lowest BCUT2D eigenvalue weighted by Gasteiger charge is -2.11. The number of imide groups is 1. The van der Waals surface area contributed by atoms with Gasteiger partial charge < -0.3 is 10.1 Å². The van der Waals surface area contributed by atoms with Gasteiger partial charge in [0.1, 0.15) is 5.75 Å². The van der Waals surface area contributed by atoms with Crippen molar-refractivity contribution in [1.29, 1.82) is 0 Å². The summed E-state index contributed by atoms with van der Waals surface area (Å²) < 4.78 is 7.52. The fourth-order valence-corrected chi connectivity index (χ4v) is 3.63. The van der Waals surface area contributed by atoms with Crippen LogP contribution >= 0.6 is 11.8 Å². The molecule has 0 aliphatic carbocycles. The molecule has 0 radical (unpaired) electrons. The zero-order valence-electron chi connectivity index (χ0n) is 16.6. The molecule has 0 unspecified atom stereocenters. The van der Waals surface area contributed by atoms with Gasteiger partial charge in [0.15, 0.2) is 5.16 Å². The Morgan fingerprint density at radius 2 is 1.86 bits per heavy atom. The highest BCUT2D eigenvalue weighted by molar-refractivity contribution is 7.99. The molecule has 1 heterocycles. The summed E-state index contributed by atoms with van der Waals surface area (Å²) in [6.07, 6.45) is 0. The van der Waals surface area contributed by atoms with E-state index in [1.165, 1.54) is 11.8 Å². The number of hydrogen-bond donors (Lipinski definition) is 2. The Kier molecular flexibility index (Phi) is 6.77. The molecule has 3 amide bonds. The molecule has 0 aliphatic heterocycles. The molecule has 0 saturated heterocycles. The van der Waals surface area contributed by atoms with E-state index in [0.717, 1.165) is 22.5 Å². The van der Waals surface area contributed by atoms with Crippen molar-refractivity contribution in [3.8, 4) is 11.4 Å². The second kappa shape index (κ2) is 9.47. The zero-order chi connectivity index (χ0) is 20.8. The van der Waals surface area contributed by atoms with E-state index in [0.29, 0.717) is 11.8 Å². The molecule has 3 rings (SSSR count). The number of hydrogen-bond acceptors (Lipinski definition) is 5. The highest BCUT2D eigenvalue weighted by Crippen LogP contribution is 2.28. The summed E-state index contributed by atoms with van der Waals surface area (Å²) in [4.78, 5) is 28.5. The number of ether oxygens (including phenoxy) is 1. The van der Waals surface area contributed by atoms with Gasteiger partial charge in [-0.25, -0.2) is 9.78 Å². The van der Waals surface area contributed by atoms with Crippen molar-refractivity contribution in [3.05, 3.63) is 48.5 Å². The van der Waals surface area contributed by atoms with E-state index >= 15 is 0 Å². The Morgan fingerprint density at radius 3 is 2.55 bits per heavy atom. The molecular weight excluding hydrogens is 388 g/mol. The van der Waals surface area contributed by atoms with Crippen LogP contribution in [0.5, 0.6) is 5.75 Å². The van der Waals surface area contributed by atoms with Crippen LogP contribution in [-0.4, -0.2) is 39.9 Å². The summed E-state index contributed by atoms with van der Waals surface area (Å²) >= 11 is 1.28. The summed E-state index contributed by atoms with van der Waals surface area (Å²) in [5, 5.41) is 5.64. The monoisotopic (exact) mass is 412 g/mol. The normalized spacial score (nSPS) is 10.9. The van der Waals surface area contributed by atoms with Crippen LogP contribution in [0.4, 0.5) is 4.79 Å². The molecule has 7 nitrogen and oxygen atoms in total. The number of nitrogens with one attached hydrogen (secondary N) is 2. The van der Waals surface area contributed by atoms with Crippen LogP contribution in [0.1, 0.15) is 20.8 Å². The minimum Gasteiger partial charge on any atom is -0.494 e. The average Bonchev–Trinajstić information content (AvgIpc) is 3.05. The highest BCUT2D eigenvalue weighted by atomic mass is 32.2. The zero-order valence-corrected chi connectivity index (χ0v) is 17.5. The number of carbonyl (C=O) groups is 2. The lowest BCUT2D eigenvalue weighted by Crippen LogP contribution is -2.43. The number of nitrogens with zero attached hydrogens (tertiary/aromatic N) is 2. The van der Waals surface area contributed by atoms with Crippen molar-refractivity contribution < 1.29 is 14.3 Å². The van der Waals surface area contributed by atoms with Crippen LogP contribution < -0.4 is 15.4 Å². The molecular formula is C21H24N4O3S. The molecule has 0 atom stereocenters. The quantitative estimate of drug-likeness (QED) is 0.577. The number of aromatic nitrogens is 2. The second-order valence-corrected chi connectivity index (χ2v) is 7.55. The third-order valence-electron chi connectivity index (χ3n) is 3.94. The minimum absolute atomic E-state index is 0.0423. The molecule has 0 aliphatic rings. The van der Waals surface area contributed by atoms with Crippen molar-refractivity contribution in [1.82, 2.24) is 20.2 Å². The van der Waals surface area contributed by atoms with Crippen LogP contribution in [0, 0.1) is 0 Å². The van der Waals surface area contributed by atoms with Gasteiger partial charge in [0.05, 0.1) is 23.4 Å². The van der Waals surface area contributed by atoms with Gasteiger partial charge in [0, 0.05) is 11.7 Å². The first-order chi connectivity index (χ1) is 14.0. The van der Waals surface area contributed by atoms with Crippen molar-refractivity contribution in [2.24, 2.45) is 0 Å². The summed E-state index contributed by atoms with van der Waals surface area (Å²) in [6.45, 7) is 6.21. The topological polar surface area (TPSA) is 85.2 Å². The number of thioether (sulfide) groups is 1. The van der Waals surface area contributed by atoms with Gasteiger partial charge in [-0.1, -0.05) is 23.9 Å². The van der Waals surface area contributed by atoms with Gasteiger partial charge in [-0.3, -0.25) is 14.7 Å². The fraction of sp³-hybridized carbons (Fsp3) is 0.286. The summed E-state index contributed by atoms with van der Waals surface area (Å²) in [6, 6.07) is 15.0. The maximum Gasteiger partial charge on any atom is 0.321 e. The summed E-state index contributed by atoms with van der Waals surface area (Å²) in [5.74, 6) is 0.496. The lowest BCUT2D eigenvalue weighted by atomic mass is 10.2. The van der Waals surface area contributed by atoms with Crippen LogP contribution in [0.3, 0.4) is 0 Å². The van der Waals surface area contributed by atoms with Crippen molar-refractivity contribution in [3.63, 3.8) is 0 Å². The number of carbonyl (C=O) groups excluding carboxylic acids is 2. The third kappa shape index (κ3) is 5.29. The Hall–Kier alpha value is -3.00. The van der Waals surface area contributed by atoms with Crippen LogP contribution in [0.25, 0.3) is 16.7 Å². The van der Waals surface area contributed by atoms with Crippen molar-refractivity contribution >= 4 is 34.7 Å². The highest BCUT2D eigenvalue weighted by Gasteiger charge is 2.16. The number of amides is 3. The molecule has 2 N–H and O–H groups in total. The number of urea groups is 1. The van der Waals surface area contributed by atoms with E-state index in [-0.39, 0.29) is 17.7 Å². The second-order valence-electron chi connectivity index (χ2n) is 6.61. The van der Waals surface area contributed by atoms with Gasteiger partial charge in [0.25, 0.3) is 0 Å². The maximum absolute atomic E-state index is 12.1. The maximum atomic E-state index is 12.1. The van der Waals surface area contributed by atoms with Gasteiger partial charge >= 0.3 is 6.03 Å². The van der Waals surface area contributed by atoms with E-state index in [2.05, 4.69) is 15.6 Å². The van der Waals surface area contributed by atoms with E-state index in [4.69, 9.17) is 4.74 Å². The van der Waals surface area contributed by atoms with E-state index in [1.54, 1.807) is 0 Å². The molecule has 3 aromatic rings. The van der Waals surface area contributed by atoms with Gasteiger partial charge in [-0.05, 0) is 57.2 Å². The Balaban J connectivity index is 1.82. The summed E-state index contributed by atoms with van der Waals surface area (Å²) in [7, 11) is 0. The van der Waals surface area contributed by atoms with Crippen LogP contribution in [0.15, 0.2) is 53.7 Å². The number of fused-ring (bicyclic) bond motifs is 1. The molecule has 2 aromatic carbocycles. The Bertz CT molecular complexity index is 999. The number of imidazole rings is 1. The van der Waals surface area contributed by atoms with E-state index < -0.39 is 6.03 Å². The molecule has 0 spiro atoms. The van der Waals surface area contributed by atoms with Crippen LogP contribution in [0.2, 0.25) is 0 Å². The Labute approximate surface area is 173 Å². The standard InChI is InChI=1S/C21H24N4O3S/c1-4-28-16-11-9-15(10-12-16)25-18-8-6-5-7-17(18)23-21(25)29-13-19(26)24-20(27)22-14(2)3/h5-12,14H,4,13H2,1-3H3,(H2,22,24,26,27). The van der Waals surface area contributed by atoms with Gasteiger partial charge in [0.2, 0.25) is 5.91 Å². The molecule has 8 heteroatoms. The lowest BCUT2D eigenvalue weighted by molar-refractivity contribution is -0.117. The number of para-hydroxylation sites is 2. The largest absolute Gasteiger partial charge is 0.494 e. The van der Waals surface area contributed by atoms with Gasteiger partial charge in [-0.15, -0.1) is 0 Å². The smallest absolute Gasteiger partial charge is 0.321 e. The molecule has 29 heavy (non-hydrogen) atoms. The van der Waals surface area contributed by atoms with E-state index in [9.17, 15) is 9.59 Å². The molecule has 0 saturated carbocycles. The van der Waals surface area contributed by atoms with Gasteiger partial charge in [-0.2, -0.15) is 0 Å². The van der Waals surface area contributed by atoms with E-state index in [1.807, 2.05) is 73.9 Å². The average molecular weight is 413 g/mol. The molecule has 152 valence electrons. The first kappa shape index (κ1) is 20.7. The number of rotatable bonds is 7. The first-order valence-electron chi connectivity index (χ1n) is 9.41. The first-order valence-corrected chi connectivity index (χ1v) is 10.4. The predicted octanol–water partition coefficient (Wildman–Crippen LogP) is 3.75. The SMILES string of the molecule is CCOc1ccc(-n2c(SCC(=O)NC(=O)NC(C)C)nc3ccccc32)cc1. The Morgan fingerprint density at radius 1 is 1.14 bits per heavy atom. The third-order valence-corrected chi connectivity index (χ3v) is 4.88. The van der Waals surface area contributed by atoms with Crippen LogP contribution in [-0.2, 0) is 4.79 Å². The molecule has 1 aromatic heterocycles. The van der Waals surface area contributed by atoms with Crippen molar-refractivity contribution in [2.45, 2.75) is 32.0 Å².